The van der Waals surface area contributed by atoms with E-state index in [9.17, 15) is 9.00 Å². The summed E-state index contributed by atoms with van der Waals surface area (Å²) in [4.78, 5) is 10.9. The first-order valence-corrected chi connectivity index (χ1v) is 5.94. The lowest BCUT2D eigenvalue weighted by atomic mass is 10.2. The molecule has 0 saturated carbocycles. The van der Waals surface area contributed by atoms with Gasteiger partial charge in [-0.2, -0.15) is 0 Å². The highest BCUT2D eigenvalue weighted by Gasteiger charge is 2.02. The van der Waals surface area contributed by atoms with Crippen molar-refractivity contribution in [3.63, 3.8) is 0 Å². The first-order chi connectivity index (χ1) is 6.74. The molecule has 0 saturated heterocycles. The van der Waals surface area contributed by atoms with Crippen LogP contribution in [0.25, 0.3) is 0 Å². The van der Waals surface area contributed by atoms with Crippen molar-refractivity contribution in [3.8, 4) is 0 Å². The summed E-state index contributed by atoms with van der Waals surface area (Å²) in [7, 11) is -0.952. The third-order valence-electron chi connectivity index (χ3n) is 1.94. The minimum atomic E-state index is -0.952. The first kappa shape index (κ1) is 11.1. The summed E-state index contributed by atoms with van der Waals surface area (Å²) in [5.74, 6) is 0.571. The maximum Gasteiger partial charge on any atom is 0.120 e. The lowest BCUT2D eigenvalue weighted by molar-refractivity contribution is -0.107. The molecule has 0 spiro atoms. The minimum absolute atomic E-state index is 0.498. The maximum atomic E-state index is 11.6. The van der Waals surface area contributed by atoms with Crippen LogP contribution in [0.2, 0.25) is 0 Å². The molecule has 0 aliphatic carbocycles. The van der Waals surface area contributed by atoms with Gasteiger partial charge >= 0.3 is 0 Å². The topological polar surface area (TPSA) is 34.1 Å². The summed E-state index contributed by atoms with van der Waals surface area (Å²) in [5, 5.41) is 0. The molecule has 0 aromatic heterocycles. The van der Waals surface area contributed by atoms with Gasteiger partial charge in [0.25, 0.3) is 0 Å². The molecule has 3 heteroatoms. The number of rotatable bonds is 5. The zero-order valence-corrected chi connectivity index (χ0v) is 9.05. The van der Waals surface area contributed by atoms with E-state index in [1.807, 2.05) is 31.2 Å². The van der Waals surface area contributed by atoms with Crippen LogP contribution in [0.15, 0.2) is 29.2 Å². The zero-order valence-electron chi connectivity index (χ0n) is 8.23. The standard InChI is InChI=1S/C11H14O2S/c1-10-4-6-11(7-5-10)14(13)9-3-2-8-12/h4-8H,2-3,9H2,1H3. The largest absolute Gasteiger partial charge is 0.303 e. The molecule has 1 aromatic rings. The first-order valence-electron chi connectivity index (χ1n) is 4.62. The van der Waals surface area contributed by atoms with Gasteiger partial charge < -0.3 is 4.79 Å². The van der Waals surface area contributed by atoms with Crippen molar-refractivity contribution >= 4 is 17.1 Å². The number of aryl methyl sites for hydroxylation is 1. The number of aldehydes is 1. The highest BCUT2D eigenvalue weighted by Crippen LogP contribution is 2.09. The Balaban J connectivity index is 2.52. The molecule has 2 nitrogen and oxygen atoms in total. The van der Waals surface area contributed by atoms with Crippen molar-refractivity contribution in [1.82, 2.24) is 0 Å². The van der Waals surface area contributed by atoms with Crippen molar-refractivity contribution in [2.75, 3.05) is 5.75 Å². The van der Waals surface area contributed by atoms with E-state index in [1.54, 1.807) is 0 Å². The van der Waals surface area contributed by atoms with Gasteiger partial charge in [0, 0.05) is 17.1 Å². The monoisotopic (exact) mass is 210 g/mol. The summed E-state index contributed by atoms with van der Waals surface area (Å²) in [5.41, 5.74) is 1.17. The molecule has 0 amide bonds. The predicted molar refractivity (Wildman–Crippen MR) is 57.8 cm³/mol. The molecule has 1 unspecified atom stereocenters. The number of carbonyl (C=O) groups is 1. The molecule has 0 radical (unpaired) electrons. The average Bonchev–Trinajstić information content (AvgIpc) is 2.19. The molecule has 0 bridgehead atoms. The molecular formula is C11H14O2S. The van der Waals surface area contributed by atoms with Gasteiger partial charge in [0.05, 0.1) is 10.8 Å². The molecule has 1 aromatic carbocycles. The highest BCUT2D eigenvalue weighted by atomic mass is 32.2. The Morgan fingerprint density at radius 2 is 1.93 bits per heavy atom. The molecule has 0 fully saturated rings. The second kappa shape index (κ2) is 5.70. The number of benzene rings is 1. The van der Waals surface area contributed by atoms with Crippen molar-refractivity contribution < 1.29 is 9.00 Å². The number of unbranched alkanes of at least 4 members (excludes halogenated alkanes) is 1. The van der Waals surface area contributed by atoms with Gasteiger partial charge in [-0.25, -0.2) is 0 Å². The normalized spacial score (nSPS) is 12.4. The van der Waals surface area contributed by atoms with Gasteiger partial charge in [-0.3, -0.25) is 4.21 Å². The summed E-state index contributed by atoms with van der Waals surface area (Å²) in [6, 6.07) is 7.67. The van der Waals surface area contributed by atoms with E-state index < -0.39 is 10.8 Å². The molecule has 14 heavy (non-hydrogen) atoms. The predicted octanol–water partition coefficient (Wildman–Crippen LogP) is 2.08. The molecule has 0 aliphatic rings. The molecule has 0 heterocycles. The fraction of sp³-hybridized carbons (Fsp3) is 0.364. The van der Waals surface area contributed by atoms with E-state index in [1.165, 1.54) is 5.56 Å². The molecule has 76 valence electrons. The van der Waals surface area contributed by atoms with Crippen LogP contribution in [0.4, 0.5) is 0 Å². The Bertz CT molecular complexity index is 317. The van der Waals surface area contributed by atoms with E-state index in [0.29, 0.717) is 18.6 Å². The Labute approximate surface area is 86.8 Å². The van der Waals surface area contributed by atoms with Crippen molar-refractivity contribution in [2.24, 2.45) is 0 Å². The third kappa shape index (κ3) is 3.42. The lowest BCUT2D eigenvalue weighted by Gasteiger charge is -2.00. The van der Waals surface area contributed by atoms with Gasteiger partial charge in [0.15, 0.2) is 0 Å². The highest BCUT2D eigenvalue weighted by molar-refractivity contribution is 7.85. The minimum Gasteiger partial charge on any atom is -0.303 e. The summed E-state index contributed by atoms with van der Waals surface area (Å²) < 4.78 is 11.6. The average molecular weight is 210 g/mol. The van der Waals surface area contributed by atoms with E-state index in [2.05, 4.69) is 0 Å². The Morgan fingerprint density at radius 3 is 2.50 bits per heavy atom. The number of carbonyl (C=O) groups excluding carboxylic acids is 1. The quantitative estimate of drug-likeness (QED) is 0.551. The Kier molecular flexibility index (Phi) is 4.53. The van der Waals surface area contributed by atoms with Crippen LogP contribution < -0.4 is 0 Å². The van der Waals surface area contributed by atoms with Gasteiger partial charge in [-0.15, -0.1) is 0 Å². The van der Waals surface area contributed by atoms with E-state index in [-0.39, 0.29) is 0 Å². The summed E-state index contributed by atoms with van der Waals surface area (Å²) in [6.07, 6.45) is 2.06. The smallest absolute Gasteiger partial charge is 0.120 e. The zero-order chi connectivity index (χ0) is 10.4. The lowest BCUT2D eigenvalue weighted by Crippen LogP contribution is -1.98. The van der Waals surface area contributed by atoms with Gasteiger partial charge in [-0.05, 0) is 25.5 Å². The Morgan fingerprint density at radius 1 is 1.29 bits per heavy atom. The van der Waals surface area contributed by atoms with E-state index >= 15 is 0 Å². The second-order valence-corrected chi connectivity index (χ2v) is 4.74. The van der Waals surface area contributed by atoms with Crippen LogP contribution in [0, 0.1) is 6.92 Å². The van der Waals surface area contributed by atoms with E-state index in [4.69, 9.17) is 0 Å². The summed E-state index contributed by atoms with van der Waals surface area (Å²) in [6.45, 7) is 2.00. The fourth-order valence-electron chi connectivity index (χ4n) is 1.11. The van der Waals surface area contributed by atoms with Crippen molar-refractivity contribution in [2.45, 2.75) is 24.7 Å². The number of hydrogen-bond donors (Lipinski definition) is 0. The second-order valence-electron chi connectivity index (χ2n) is 3.17. The van der Waals surface area contributed by atoms with Gasteiger partial charge in [-0.1, -0.05) is 17.7 Å². The van der Waals surface area contributed by atoms with Crippen LogP contribution in [0.3, 0.4) is 0 Å². The maximum absolute atomic E-state index is 11.6. The molecule has 0 N–H and O–H groups in total. The van der Waals surface area contributed by atoms with Crippen LogP contribution in [-0.4, -0.2) is 16.2 Å². The van der Waals surface area contributed by atoms with Crippen LogP contribution in [-0.2, 0) is 15.6 Å². The molecule has 0 aliphatic heterocycles. The van der Waals surface area contributed by atoms with Gasteiger partial charge in [0.2, 0.25) is 0 Å². The SMILES string of the molecule is Cc1ccc(S(=O)CCCC=O)cc1. The third-order valence-corrected chi connectivity index (χ3v) is 3.39. The number of hydrogen-bond acceptors (Lipinski definition) is 2. The Hall–Kier alpha value is -0.960. The summed E-state index contributed by atoms with van der Waals surface area (Å²) >= 11 is 0. The molecule has 1 atom stereocenters. The van der Waals surface area contributed by atoms with Gasteiger partial charge in [0.1, 0.15) is 6.29 Å². The molecular weight excluding hydrogens is 196 g/mol. The fourth-order valence-corrected chi connectivity index (χ4v) is 2.21. The van der Waals surface area contributed by atoms with Crippen LogP contribution in [0.1, 0.15) is 18.4 Å². The van der Waals surface area contributed by atoms with Crippen molar-refractivity contribution in [1.29, 1.82) is 0 Å². The molecule has 1 rings (SSSR count). The van der Waals surface area contributed by atoms with Crippen molar-refractivity contribution in [3.05, 3.63) is 29.8 Å². The van der Waals surface area contributed by atoms with Crippen LogP contribution >= 0.6 is 0 Å². The van der Waals surface area contributed by atoms with E-state index in [0.717, 1.165) is 11.2 Å². The van der Waals surface area contributed by atoms with Crippen LogP contribution in [0.5, 0.6) is 0 Å².